The summed E-state index contributed by atoms with van der Waals surface area (Å²) in [7, 11) is 0. The van der Waals surface area contributed by atoms with Gasteiger partial charge in [-0.25, -0.2) is 0 Å². The molecule has 0 bridgehead atoms. The highest BCUT2D eigenvalue weighted by atomic mass is 35.5. The number of nitrogens with zero attached hydrogens (tertiary/aromatic N) is 2. The second-order valence-corrected chi connectivity index (χ2v) is 8.01. The van der Waals surface area contributed by atoms with Crippen molar-refractivity contribution in [1.29, 1.82) is 0 Å². The molecular formula is C25H20ClN3O2. The van der Waals surface area contributed by atoms with Crippen LogP contribution in [0.1, 0.15) is 33.2 Å². The minimum atomic E-state index is -0.349. The van der Waals surface area contributed by atoms with Gasteiger partial charge >= 0.3 is 0 Å². The van der Waals surface area contributed by atoms with E-state index < -0.39 is 0 Å². The maximum Gasteiger partial charge on any atom is 0.273 e. The van der Waals surface area contributed by atoms with Crippen LogP contribution in [-0.4, -0.2) is 32.7 Å². The van der Waals surface area contributed by atoms with E-state index in [9.17, 15) is 9.90 Å². The molecule has 1 atom stereocenters. The van der Waals surface area contributed by atoms with Crippen LogP contribution in [0.15, 0.2) is 78.9 Å². The summed E-state index contributed by atoms with van der Waals surface area (Å²) in [5.41, 5.74) is 4.46. The molecule has 0 spiro atoms. The lowest BCUT2D eigenvalue weighted by molar-refractivity contribution is 0.0746. The van der Waals surface area contributed by atoms with E-state index in [0.29, 0.717) is 28.5 Å². The van der Waals surface area contributed by atoms with Crippen LogP contribution < -0.4 is 0 Å². The Morgan fingerprint density at radius 2 is 1.77 bits per heavy atom. The molecule has 31 heavy (non-hydrogen) atoms. The number of carbonyl (C=O) groups is 1. The molecule has 2 heterocycles. The van der Waals surface area contributed by atoms with E-state index >= 15 is 0 Å². The molecule has 3 aromatic carbocycles. The summed E-state index contributed by atoms with van der Waals surface area (Å²) in [6.07, 6.45) is 0.729. The fraction of sp³-hybridized carbons (Fsp3) is 0.120. The number of para-hydroxylation sites is 1. The molecule has 0 saturated carbocycles. The van der Waals surface area contributed by atoms with Gasteiger partial charge in [-0.15, -0.1) is 0 Å². The molecule has 1 aromatic heterocycles. The zero-order chi connectivity index (χ0) is 21.4. The van der Waals surface area contributed by atoms with Crippen molar-refractivity contribution < 1.29 is 9.90 Å². The topological polar surface area (TPSA) is 69.2 Å². The summed E-state index contributed by atoms with van der Waals surface area (Å²) < 4.78 is 0. The Hall–Kier alpha value is -3.57. The molecule has 0 unspecified atom stereocenters. The Labute approximate surface area is 184 Å². The molecular weight excluding hydrogens is 410 g/mol. The largest absolute Gasteiger partial charge is 0.507 e. The third kappa shape index (κ3) is 3.47. The molecule has 0 saturated heterocycles. The third-order valence-electron chi connectivity index (χ3n) is 5.67. The van der Waals surface area contributed by atoms with Gasteiger partial charge < -0.3 is 10.0 Å². The number of aromatic hydroxyl groups is 1. The first-order valence-corrected chi connectivity index (χ1v) is 10.5. The van der Waals surface area contributed by atoms with Crippen molar-refractivity contribution in [1.82, 2.24) is 15.1 Å². The molecule has 1 aliphatic rings. The molecule has 0 radical (unpaired) electrons. The van der Waals surface area contributed by atoms with E-state index in [-0.39, 0.29) is 17.7 Å². The molecule has 0 aliphatic carbocycles. The van der Waals surface area contributed by atoms with Crippen molar-refractivity contribution in [2.45, 2.75) is 12.5 Å². The number of aromatic amines is 1. The van der Waals surface area contributed by atoms with Gasteiger partial charge in [-0.3, -0.25) is 9.89 Å². The summed E-state index contributed by atoms with van der Waals surface area (Å²) in [5, 5.41) is 18.4. The number of rotatable bonds is 5. The molecule has 1 aliphatic heterocycles. The molecule has 0 fully saturated rings. The number of amides is 1. The zero-order valence-electron chi connectivity index (χ0n) is 16.6. The first-order valence-electron chi connectivity index (χ1n) is 10.1. The van der Waals surface area contributed by atoms with Crippen molar-refractivity contribution in [3.05, 3.63) is 106 Å². The van der Waals surface area contributed by atoms with Gasteiger partial charge in [0.05, 0.1) is 6.04 Å². The molecule has 6 heteroatoms. The summed E-state index contributed by atoms with van der Waals surface area (Å²) in [6, 6.07) is 24.3. The maximum atomic E-state index is 13.4. The second-order valence-electron chi connectivity index (χ2n) is 7.57. The predicted octanol–water partition coefficient (Wildman–Crippen LogP) is 5.22. The van der Waals surface area contributed by atoms with Crippen molar-refractivity contribution in [3.8, 4) is 17.0 Å². The van der Waals surface area contributed by atoms with Crippen molar-refractivity contribution in [2.24, 2.45) is 0 Å². The fourth-order valence-electron chi connectivity index (χ4n) is 4.22. The molecule has 5 rings (SSSR count). The standard InChI is InChI=1S/C25H20ClN3O2/c26-18-10-6-9-17(15-18)24-21-22(19-11-4-5-12-20(19)30)27-28-23(21)25(31)29(24)14-13-16-7-2-1-3-8-16/h1-12,15,24,30H,13-14H2,(H,27,28)/t24-/m0/s1. The van der Waals surface area contributed by atoms with Gasteiger partial charge in [-0.2, -0.15) is 5.10 Å². The highest BCUT2D eigenvalue weighted by Gasteiger charge is 2.42. The highest BCUT2D eigenvalue weighted by Crippen LogP contribution is 2.44. The van der Waals surface area contributed by atoms with Crippen LogP contribution in [0.2, 0.25) is 5.02 Å². The zero-order valence-corrected chi connectivity index (χ0v) is 17.4. The van der Waals surface area contributed by atoms with E-state index in [1.807, 2.05) is 53.4 Å². The average Bonchev–Trinajstić information content (AvgIpc) is 3.32. The highest BCUT2D eigenvalue weighted by molar-refractivity contribution is 6.30. The normalized spacial score (nSPS) is 15.3. The average molecular weight is 430 g/mol. The van der Waals surface area contributed by atoms with Gasteiger partial charge in [-0.05, 0) is 41.8 Å². The van der Waals surface area contributed by atoms with Crippen LogP contribution in [0.3, 0.4) is 0 Å². The Kier molecular flexibility index (Phi) is 4.96. The lowest BCUT2D eigenvalue weighted by Gasteiger charge is -2.26. The molecule has 154 valence electrons. The van der Waals surface area contributed by atoms with Crippen molar-refractivity contribution in [3.63, 3.8) is 0 Å². The number of halogens is 1. The minimum absolute atomic E-state index is 0.106. The number of hydrogen-bond donors (Lipinski definition) is 2. The number of aromatic nitrogens is 2. The van der Waals surface area contributed by atoms with Crippen LogP contribution in [0.4, 0.5) is 0 Å². The van der Waals surface area contributed by atoms with Gasteiger partial charge in [-0.1, -0.05) is 66.2 Å². The van der Waals surface area contributed by atoms with E-state index in [2.05, 4.69) is 22.3 Å². The van der Waals surface area contributed by atoms with E-state index in [1.165, 1.54) is 0 Å². The maximum absolute atomic E-state index is 13.4. The van der Waals surface area contributed by atoms with Crippen LogP contribution in [-0.2, 0) is 6.42 Å². The van der Waals surface area contributed by atoms with Crippen molar-refractivity contribution in [2.75, 3.05) is 6.54 Å². The Balaban J connectivity index is 1.61. The van der Waals surface area contributed by atoms with Crippen LogP contribution in [0, 0.1) is 0 Å². The number of carbonyl (C=O) groups excluding carboxylic acids is 1. The summed E-state index contributed by atoms with van der Waals surface area (Å²) in [5.74, 6) is 0.0157. The van der Waals surface area contributed by atoms with Crippen LogP contribution in [0.25, 0.3) is 11.3 Å². The van der Waals surface area contributed by atoms with E-state index in [0.717, 1.165) is 23.1 Å². The molecule has 1 amide bonds. The first kappa shape index (κ1) is 19.4. The van der Waals surface area contributed by atoms with Gasteiger partial charge in [0.15, 0.2) is 0 Å². The Morgan fingerprint density at radius 1 is 1.00 bits per heavy atom. The Morgan fingerprint density at radius 3 is 2.55 bits per heavy atom. The minimum Gasteiger partial charge on any atom is -0.507 e. The SMILES string of the molecule is O=C1c2[nH]nc(-c3ccccc3O)c2[C@H](c2cccc(Cl)c2)N1CCc1ccccc1. The number of nitrogens with one attached hydrogen (secondary N) is 1. The van der Waals surface area contributed by atoms with Gasteiger partial charge in [0.1, 0.15) is 17.1 Å². The fourth-order valence-corrected chi connectivity index (χ4v) is 4.42. The number of H-pyrrole nitrogens is 1. The second kappa shape index (κ2) is 7.93. The number of hydrogen-bond acceptors (Lipinski definition) is 3. The first-order chi connectivity index (χ1) is 15.1. The quantitative estimate of drug-likeness (QED) is 0.456. The third-order valence-corrected chi connectivity index (χ3v) is 5.91. The number of benzene rings is 3. The number of phenolic OH excluding ortho intramolecular Hbond substituents is 1. The molecule has 5 nitrogen and oxygen atoms in total. The van der Waals surface area contributed by atoms with Crippen molar-refractivity contribution >= 4 is 17.5 Å². The summed E-state index contributed by atoms with van der Waals surface area (Å²) in [4.78, 5) is 15.2. The van der Waals surface area contributed by atoms with E-state index in [4.69, 9.17) is 11.6 Å². The summed E-state index contributed by atoms with van der Waals surface area (Å²) in [6.45, 7) is 0.544. The van der Waals surface area contributed by atoms with Gasteiger partial charge in [0, 0.05) is 22.7 Å². The van der Waals surface area contributed by atoms with E-state index in [1.54, 1.807) is 18.2 Å². The van der Waals surface area contributed by atoms with Gasteiger partial charge in [0.2, 0.25) is 0 Å². The van der Waals surface area contributed by atoms with Crippen LogP contribution >= 0.6 is 11.6 Å². The lowest BCUT2D eigenvalue weighted by atomic mass is 9.95. The Bertz CT molecular complexity index is 1250. The summed E-state index contributed by atoms with van der Waals surface area (Å²) >= 11 is 6.30. The number of phenols is 1. The predicted molar refractivity (Wildman–Crippen MR) is 120 cm³/mol. The molecule has 4 aromatic rings. The van der Waals surface area contributed by atoms with Crippen LogP contribution in [0.5, 0.6) is 5.75 Å². The lowest BCUT2D eigenvalue weighted by Crippen LogP contribution is -2.31. The van der Waals surface area contributed by atoms with Gasteiger partial charge in [0.25, 0.3) is 5.91 Å². The number of fused-ring (bicyclic) bond motifs is 1. The smallest absolute Gasteiger partial charge is 0.273 e. The monoisotopic (exact) mass is 429 g/mol. The molecule has 2 N–H and O–H groups in total.